The Hall–Kier alpha value is -4.54. The monoisotopic (exact) mass is 490 g/mol. The highest BCUT2D eigenvalue weighted by atomic mass is 16.6. The van der Waals surface area contributed by atoms with E-state index in [-0.39, 0.29) is 28.7 Å². The third-order valence-corrected chi connectivity index (χ3v) is 6.05. The van der Waals surface area contributed by atoms with Gasteiger partial charge >= 0.3 is 5.69 Å². The lowest BCUT2D eigenvalue weighted by molar-refractivity contribution is -0.384. The zero-order valence-corrected chi connectivity index (χ0v) is 19.7. The number of amides is 1. The molecule has 1 unspecified atom stereocenters. The molecule has 11 heteroatoms. The fourth-order valence-corrected chi connectivity index (χ4v) is 4.27. The Labute approximate surface area is 205 Å². The SMILES string of the molecule is CC(=O)Nc1ccccc1CC(CCc1ccc([N+](=O)[O-])cc1)CCc1nc2[nH]c(=O)[nH]c(=O)c2[nH]1. The number of aryl methyl sites for hydroxylation is 2. The van der Waals surface area contributed by atoms with Crippen LogP contribution < -0.4 is 16.6 Å². The van der Waals surface area contributed by atoms with Crippen molar-refractivity contribution in [2.75, 3.05) is 5.32 Å². The summed E-state index contributed by atoms with van der Waals surface area (Å²) in [6, 6.07) is 14.2. The first-order valence-electron chi connectivity index (χ1n) is 11.6. The van der Waals surface area contributed by atoms with Crippen LogP contribution in [0.4, 0.5) is 11.4 Å². The largest absolute Gasteiger partial charge is 0.336 e. The smallest absolute Gasteiger partial charge is 0.327 e. The lowest BCUT2D eigenvalue weighted by Gasteiger charge is -2.19. The van der Waals surface area contributed by atoms with Gasteiger partial charge in [-0.15, -0.1) is 0 Å². The molecule has 2 heterocycles. The molecule has 0 aliphatic rings. The maximum atomic E-state index is 12.0. The number of para-hydroxylation sites is 1. The van der Waals surface area contributed by atoms with E-state index in [0.29, 0.717) is 18.7 Å². The average Bonchev–Trinajstić information content (AvgIpc) is 3.25. The Kier molecular flexibility index (Phi) is 7.38. The highest BCUT2D eigenvalue weighted by Crippen LogP contribution is 2.25. The van der Waals surface area contributed by atoms with Crippen LogP contribution in [0.5, 0.6) is 0 Å². The van der Waals surface area contributed by atoms with Gasteiger partial charge in [-0.25, -0.2) is 9.78 Å². The number of aromatic amines is 3. The van der Waals surface area contributed by atoms with Gasteiger partial charge in [0.25, 0.3) is 11.2 Å². The zero-order chi connectivity index (χ0) is 25.7. The molecular formula is C25H26N6O5. The second kappa shape index (κ2) is 10.8. The summed E-state index contributed by atoms with van der Waals surface area (Å²) in [7, 11) is 0. The number of carbonyl (C=O) groups excluding carboxylic acids is 1. The molecule has 0 bridgehead atoms. The van der Waals surface area contributed by atoms with E-state index in [4.69, 9.17) is 0 Å². The number of rotatable bonds is 10. The second-order valence-corrected chi connectivity index (χ2v) is 8.72. The molecule has 0 aliphatic carbocycles. The van der Waals surface area contributed by atoms with E-state index in [1.54, 1.807) is 12.1 Å². The number of anilines is 1. The van der Waals surface area contributed by atoms with E-state index in [1.165, 1.54) is 19.1 Å². The van der Waals surface area contributed by atoms with E-state index >= 15 is 0 Å². The van der Waals surface area contributed by atoms with Crippen LogP contribution in [0.3, 0.4) is 0 Å². The summed E-state index contributed by atoms with van der Waals surface area (Å²) in [6.07, 6.45) is 3.48. The van der Waals surface area contributed by atoms with Crippen molar-refractivity contribution < 1.29 is 9.72 Å². The molecule has 0 spiro atoms. The number of imidazole rings is 1. The number of benzene rings is 2. The first-order chi connectivity index (χ1) is 17.3. The van der Waals surface area contributed by atoms with Crippen molar-refractivity contribution >= 4 is 28.4 Å². The third kappa shape index (κ3) is 6.12. The Morgan fingerprint density at radius 2 is 1.75 bits per heavy atom. The maximum absolute atomic E-state index is 12.0. The molecular weight excluding hydrogens is 464 g/mol. The fraction of sp³-hybridized carbons (Fsp3) is 0.280. The molecule has 11 nitrogen and oxygen atoms in total. The predicted molar refractivity (Wildman–Crippen MR) is 135 cm³/mol. The van der Waals surface area contributed by atoms with Gasteiger partial charge in [0.15, 0.2) is 5.65 Å². The van der Waals surface area contributed by atoms with Crippen molar-refractivity contribution in [2.45, 2.75) is 39.0 Å². The molecule has 2 aromatic heterocycles. The quantitative estimate of drug-likeness (QED) is 0.197. The van der Waals surface area contributed by atoms with E-state index < -0.39 is 16.2 Å². The van der Waals surface area contributed by atoms with Crippen molar-refractivity contribution in [3.63, 3.8) is 0 Å². The van der Waals surface area contributed by atoms with Crippen LogP contribution in [-0.4, -0.2) is 30.8 Å². The molecule has 0 saturated carbocycles. The summed E-state index contributed by atoms with van der Waals surface area (Å²) in [5.74, 6) is 0.625. The van der Waals surface area contributed by atoms with Crippen LogP contribution >= 0.6 is 0 Å². The average molecular weight is 491 g/mol. The summed E-state index contributed by atoms with van der Waals surface area (Å²) in [6.45, 7) is 1.47. The van der Waals surface area contributed by atoms with Crippen molar-refractivity contribution in [3.8, 4) is 0 Å². The van der Waals surface area contributed by atoms with Crippen LogP contribution in [0.1, 0.15) is 36.7 Å². The maximum Gasteiger partial charge on any atom is 0.327 e. The number of aromatic nitrogens is 4. The number of fused-ring (bicyclic) bond motifs is 1. The highest BCUT2D eigenvalue weighted by molar-refractivity contribution is 5.89. The Morgan fingerprint density at radius 3 is 2.47 bits per heavy atom. The van der Waals surface area contributed by atoms with Gasteiger partial charge in [0, 0.05) is 31.2 Å². The normalized spacial score (nSPS) is 11.9. The number of nitrogens with one attached hydrogen (secondary N) is 4. The molecule has 4 N–H and O–H groups in total. The number of nitro groups is 1. The fourth-order valence-electron chi connectivity index (χ4n) is 4.27. The number of non-ortho nitro benzene ring substituents is 1. The minimum Gasteiger partial charge on any atom is -0.336 e. The molecule has 4 rings (SSSR count). The molecule has 0 radical (unpaired) electrons. The molecule has 36 heavy (non-hydrogen) atoms. The molecule has 1 amide bonds. The summed E-state index contributed by atoms with van der Waals surface area (Å²) in [4.78, 5) is 57.8. The number of H-pyrrole nitrogens is 3. The number of hydrogen-bond acceptors (Lipinski definition) is 6. The molecule has 0 fully saturated rings. The summed E-state index contributed by atoms with van der Waals surface area (Å²) in [5, 5.41) is 13.8. The van der Waals surface area contributed by atoms with E-state index in [2.05, 4.69) is 25.3 Å². The molecule has 4 aromatic rings. The zero-order valence-electron chi connectivity index (χ0n) is 19.7. The lowest BCUT2D eigenvalue weighted by Crippen LogP contribution is -2.21. The Morgan fingerprint density at radius 1 is 1.03 bits per heavy atom. The number of hydrogen-bond donors (Lipinski definition) is 4. The second-order valence-electron chi connectivity index (χ2n) is 8.72. The molecule has 0 aliphatic heterocycles. The minimum atomic E-state index is -0.610. The molecule has 1 atom stereocenters. The van der Waals surface area contributed by atoms with Gasteiger partial charge in [0.1, 0.15) is 11.3 Å². The van der Waals surface area contributed by atoms with Crippen LogP contribution in [-0.2, 0) is 24.1 Å². The molecule has 0 saturated heterocycles. The van der Waals surface area contributed by atoms with Crippen LogP contribution in [0.15, 0.2) is 58.1 Å². The van der Waals surface area contributed by atoms with Gasteiger partial charge in [-0.3, -0.25) is 29.7 Å². The standard InChI is InChI=1S/C25H26N6O5/c1-15(32)26-20-5-3-2-4-18(20)14-17(7-6-16-8-11-19(12-9-16)31(35)36)10-13-21-27-22-23(28-21)29-25(34)30-24(22)33/h2-5,8-9,11-12,17H,6-7,10,13-14H2,1H3,(H,26,32)(H3,27,28,29,30,33,34). The van der Waals surface area contributed by atoms with Gasteiger partial charge in [-0.2, -0.15) is 0 Å². The summed E-state index contributed by atoms with van der Waals surface area (Å²) in [5.41, 5.74) is 2.13. The topological polar surface area (TPSA) is 167 Å². The van der Waals surface area contributed by atoms with E-state index in [9.17, 15) is 24.5 Å². The summed E-state index contributed by atoms with van der Waals surface area (Å²) < 4.78 is 0. The third-order valence-electron chi connectivity index (χ3n) is 6.05. The van der Waals surface area contributed by atoms with E-state index in [1.807, 2.05) is 24.3 Å². The molecule has 186 valence electrons. The predicted octanol–water partition coefficient (Wildman–Crippen LogP) is 3.23. The van der Waals surface area contributed by atoms with Gasteiger partial charge in [-0.05, 0) is 48.8 Å². The van der Waals surface area contributed by atoms with Crippen LogP contribution in [0.25, 0.3) is 11.2 Å². The van der Waals surface area contributed by atoms with Gasteiger partial charge in [0.05, 0.1) is 4.92 Å². The highest BCUT2D eigenvalue weighted by Gasteiger charge is 2.16. The van der Waals surface area contributed by atoms with E-state index in [0.717, 1.165) is 36.1 Å². The number of carbonyl (C=O) groups is 1. The first kappa shape index (κ1) is 24.6. The lowest BCUT2D eigenvalue weighted by atomic mass is 9.88. The first-order valence-corrected chi connectivity index (χ1v) is 11.6. The number of nitrogens with zero attached hydrogens (tertiary/aromatic N) is 2. The molecule has 2 aromatic carbocycles. The van der Waals surface area contributed by atoms with Crippen LogP contribution in [0.2, 0.25) is 0 Å². The van der Waals surface area contributed by atoms with Gasteiger partial charge in [-0.1, -0.05) is 30.3 Å². The van der Waals surface area contributed by atoms with Gasteiger partial charge in [0.2, 0.25) is 5.91 Å². The summed E-state index contributed by atoms with van der Waals surface area (Å²) >= 11 is 0. The van der Waals surface area contributed by atoms with Gasteiger partial charge < -0.3 is 10.3 Å². The Bertz CT molecular complexity index is 1500. The van der Waals surface area contributed by atoms with Crippen molar-refractivity contribution in [3.05, 3.63) is 96.4 Å². The number of nitro benzene ring substituents is 1. The van der Waals surface area contributed by atoms with Crippen molar-refractivity contribution in [2.24, 2.45) is 5.92 Å². The van der Waals surface area contributed by atoms with Crippen molar-refractivity contribution in [1.29, 1.82) is 0 Å². The Balaban J connectivity index is 1.52. The minimum absolute atomic E-state index is 0.0532. The van der Waals surface area contributed by atoms with Crippen molar-refractivity contribution in [1.82, 2.24) is 19.9 Å². The van der Waals surface area contributed by atoms with Crippen LogP contribution in [0, 0.1) is 16.0 Å².